The Balaban J connectivity index is 0.980. The Kier molecular flexibility index (Phi) is 6.25. The zero-order valence-corrected chi connectivity index (χ0v) is 27.9. The molecule has 1 atom stereocenters. The van der Waals surface area contributed by atoms with Gasteiger partial charge in [-0.05, 0) is 90.0 Å². The fraction of sp³-hybridized carbons (Fsp3) is 0.0213. The van der Waals surface area contributed by atoms with Crippen LogP contribution in [0.25, 0.3) is 94.2 Å². The first-order chi connectivity index (χ1) is 25.7. The van der Waals surface area contributed by atoms with Crippen LogP contribution in [0.2, 0.25) is 0 Å². The molecule has 5 aromatic carbocycles. The quantitative estimate of drug-likeness (QED) is 0.202. The number of benzene rings is 5. The van der Waals surface area contributed by atoms with Crippen molar-refractivity contribution in [2.75, 3.05) is 0 Å². The van der Waals surface area contributed by atoms with Crippen molar-refractivity contribution in [3.05, 3.63) is 175 Å². The monoisotopic (exact) mass is 667 g/mol. The van der Waals surface area contributed by atoms with E-state index in [1.807, 2.05) is 30.3 Å². The second-order valence-corrected chi connectivity index (χ2v) is 13.4. The van der Waals surface area contributed by atoms with Crippen molar-refractivity contribution in [1.29, 1.82) is 0 Å². The molecule has 5 heterocycles. The Bertz CT molecular complexity index is 3060. The molecule has 5 nitrogen and oxygen atoms in total. The highest BCUT2D eigenvalue weighted by molar-refractivity contribution is 6.11. The number of rotatable bonds is 4. The largest absolute Gasteiger partial charge is 0.455 e. The molecule has 0 spiro atoms. The van der Waals surface area contributed by atoms with Crippen LogP contribution in [0.1, 0.15) is 5.56 Å². The summed E-state index contributed by atoms with van der Waals surface area (Å²) in [5.74, 6) is 0. The van der Waals surface area contributed by atoms with Crippen molar-refractivity contribution in [3.63, 3.8) is 0 Å². The van der Waals surface area contributed by atoms with E-state index in [-0.39, 0.29) is 6.04 Å². The molecule has 5 heteroatoms. The maximum Gasteiger partial charge on any atom is 0.144 e. The van der Waals surface area contributed by atoms with Crippen molar-refractivity contribution in [2.45, 2.75) is 6.04 Å². The first-order valence-corrected chi connectivity index (χ1v) is 17.5. The second kappa shape index (κ2) is 11.3. The first kappa shape index (κ1) is 28.8. The number of nitrogens with one attached hydrogen (secondary N) is 1. The lowest BCUT2D eigenvalue weighted by molar-refractivity contribution is 0.669. The minimum atomic E-state index is 0.183. The molecule has 2 aliphatic rings. The summed E-state index contributed by atoms with van der Waals surface area (Å²) in [5.41, 5.74) is 13.3. The highest BCUT2D eigenvalue weighted by atomic mass is 16.3. The molecule has 1 N–H and O–H groups in total. The Morgan fingerprint density at radius 1 is 0.519 bits per heavy atom. The zero-order chi connectivity index (χ0) is 34.2. The highest BCUT2D eigenvalue weighted by Crippen LogP contribution is 2.40. The molecule has 0 amide bonds. The van der Waals surface area contributed by atoms with Crippen molar-refractivity contribution >= 4 is 60.5 Å². The van der Waals surface area contributed by atoms with Crippen molar-refractivity contribution in [1.82, 2.24) is 15.3 Å². The van der Waals surface area contributed by atoms with Gasteiger partial charge in [0, 0.05) is 49.3 Å². The number of nitrogens with zero attached hydrogens (tertiary/aromatic N) is 2. The van der Waals surface area contributed by atoms with Crippen molar-refractivity contribution in [2.24, 2.45) is 0 Å². The Labute approximate surface area is 298 Å². The van der Waals surface area contributed by atoms with Gasteiger partial charge in [0.05, 0.1) is 28.6 Å². The summed E-state index contributed by atoms with van der Waals surface area (Å²) >= 11 is 0. The van der Waals surface area contributed by atoms with Crippen LogP contribution in [0.3, 0.4) is 0 Å². The average Bonchev–Trinajstić information content (AvgIpc) is 3.78. The predicted molar refractivity (Wildman–Crippen MR) is 212 cm³/mol. The topological polar surface area (TPSA) is 64.1 Å². The van der Waals surface area contributed by atoms with Crippen LogP contribution in [0.15, 0.2) is 178 Å². The number of hydrogen-bond donors (Lipinski definition) is 1. The molecule has 11 rings (SSSR count). The second-order valence-electron chi connectivity index (χ2n) is 13.4. The third kappa shape index (κ3) is 4.56. The number of para-hydroxylation sites is 3. The summed E-state index contributed by atoms with van der Waals surface area (Å²) in [7, 11) is 0. The summed E-state index contributed by atoms with van der Waals surface area (Å²) in [4.78, 5) is 10.1. The lowest BCUT2D eigenvalue weighted by atomic mass is 9.96. The lowest BCUT2D eigenvalue weighted by Gasteiger charge is -2.25. The number of dihydropyridines is 1. The van der Waals surface area contributed by atoms with Gasteiger partial charge in [-0.15, -0.1) is 0 Å². The van der Waals surface area contributed by atoms with Crippen LogP contribution in [-0.4, -0.2) is 16.0 Å². The van der Waals surface area contributed by atoms with Crippen LogP contribution in [0.5, 0.6) is 0 Å². The molecule has 0 bridgehead atoms. The van der Waals surface area contributed by atoms with E-state index in [1.165, 1.54) is 5.57 Å². The molecule has 4 aromatic heterocycles. The molecule has 0 fully saturated rings. The molecular weight excluding hydrogens is 639 g/mol. The SMILES string of the molecule is C1=CC2=CC=C(c3ccc4oc5c(-c6cccc(-c7cccc8c7oc7ccc(-c9ccc%10ccccc%10n9)cc78)n6)cccc5c4c3)NC2C=C1. The molecule has 0 radical (unpaired) electrons. The van der Waals surface area contributed by atoms with Gasteiger partial charge in [-0.25, -0.2) is 9.97 Å². The van der Waals surface area contributed by atoms with Crippen LogP contribution >= 0.6 is 0 Å². The number of aromatic nitrogens is 2. The van der Waals surface area contributed by atoms with Crippen molar-refractivity contribution in [3.8, 4) is 33.8 Å². The number of hydrogen-bond acceptors (Lipinski definition) is 5. The first-order valence-electron chi connectivity index (χ1n) is 17.5. The van der Waals surface area contributed by atoms with Gasteiger partial charge in [-0.2, -0.15) is 0 Å². The number of pyridine rings is 2. The van der Waals surface area contributed by atoms with Gasteiger partial charge in [-0.3, -0.25) is 0 Å². The molecule has 0 saturated heterocycles. The summed E-state index contributed by atoms with van der Waals surface area (Å²) < 4.78 is 13.1. The van der Waals surface area contributed by atoms with Crippen LogP contribution < -0.4 is 5.32 Å². The van der Waals surface area contributed by atoms with Gasteiger partial charge in [-0.1, -0.05) is 85.0 Å². The third-order valence-corrected chi connectivity index (χ3v) is 10.3. The standard InChI is InChI=1S/C47H29N3O2/c1-3-14-38-28(8-1)18-22-40(48-38)30-20-24-44-36(26-30)32-10-5-12-34(46(32)51-44)42-16-7-17-43(50-42)35-13-6-11-33-37-27-31(21-25-45(37)52-47(33)35)41-23-19-29-9-2-4-15-39(29)49-41/h1-27,38,48H. The highest BCUT2D eigenvalue weighted by Gasteiger charge is 2.20. The van der Waals surface area contributed by atoms with Crippen molar-refractivity contribution < 1.29 is 8.83 Å². The molecule has 244 valence electrons. The van der Waals surface area contributed by atoms with Crippen LogP contribution in [0, 0.1) is 0 Å². The number of allylic oxidation sites excluding steroid dienone is 4. The van der Waals surface area contributed by atoms with E-state index in [1.54, 1.807) is 0 Å². The fourth-order valence-electron chi connectivity index (χ4n) is 7.71. The Hall–Kier alpha value is -6.98. The number of fused-ring (bicyclic) bond motifs is 8. The van der Waals surface area contributed by atoms with E-state index in [0.717, 1.165) is 99.8 Å². The molecule has 1 aliphatic carbocycles. The number of furan rings is 2. The summed E-state index contributed by atoms with van der Waals surface area (Å²) in [5, 5.41) is 9.04. The zero-order valence-electron chi connectivity index (χ0n) is 27.9. The lowest BCUT2D eigenvalue weighted by Crippen LogP contribution is -2.30. The van der Waals surface area contributed by atoms with E-state index >= 15 is 0 Å². The van der Waals surface area contributed by atoms with Gasteiger partial charge in [0.25, 0.3) is 0 Å². The van der Waals surface area contributed by atoms with Gasteiger partial charge in [0.1, 0.15) is 22.3 Å². The molecule has 0 saturated carbocycles. The molecule has 52 heavy (non-hydrogen) atoms. The minimum Gasteiger partial charge on any atom is -0.455 e. The van der Waals surface area contributed by atoms with Gasteiger partial charge >= 0.3 is 0 Å². The Morgan fingerprint density at radius 2 is 1.21 bits per heavy atom. The summed E-state index contributed by atoms with van der Waals surface area (Å²) in [6, 6.07) is 44.0. The fourth-order valence-corrected chi connectivity index (χ4v) is 7.71. The summed E-state index contributed by atoms with van der Waals surface area (Å²) in [6.07, 6.45) is 12.9. The molecule has 1 aliphatic heterocycles. The van der Waals surface area contributed by atoms with E-state index in [2.05, 4.69) is 139 Å². The van der Waals surface area contributed by atoms with Gasteiger partial charge in [0.2, 0.25) is 0 Å². The maximum absolute atomic E-state index is 6.56. The summed E-state index contributed by atoms with van der Waals surface area (Å²) in [6.45, 7) is 0. The molecular formula is C47H29N3O2. The van der Waals surface area contributed by atoms with E-state index < -0.39 is 0 Å². The Morgan fingerprint density at radius 3 is 1.98 bits per heavy atom. The predicted octanol–water partition coefficient (Wildman–Crippen LogP) is 11.8. The van der Waals surface area contributed by atoms with Gasteiger partial charge in [0.15, 0.2) is 0 Å². The van der Waals surface area contributed by atoms with Gasteiger partial charge < -0.3 is 14.2 Å². The van der Waals surface area contributed by atoms with Crippen LogP contribution in [-0.2, 0) is 0 Å². The van der Waals surface area contributed by atoms with E-state index in [0.29, 0.717) is 0 Å². The smallest absolute Gasteiger partial charge is 0.144 e. The normalized spacial score (nSPS) is 15.3. The average molecular weight is 668 g/mol. The maximum atomic E-state index is 6.56. The van der Waals surface area contributed by atoms with Crippen LogP contribution in [0.4, 0.5) is 0 Å². The minimum absolute atomic E-state index is 0.183. The molecule has 9 aromatic rings. The van der Waals surface area contributed by atoms with E-state index in [9.17, 15) is 0 Å². The van der Waals surface area contributed by atoms with E-state index in [4.69, 9.17) is 18.8 Å². The third-order valence-electron chi connectivity index (χ3n) is 10.3. The molecule has 1 unspecified atom stereocenters.